The first kappa shape index (κ1) is 26.1. The Morgan fingerprint density at radius 2 is 1.61 bits per heavy atom. The van der Waals surface area contributed by atoms with E-state index in [0.717, 1.165) is 5.56 Å². The average Bonchev–Trinajstić information content (AvgIpc) is 2.89. The molecule has 0 radical (unpaired) electrons. The SMILES string of the molecule is CO[C@@]1(C)O[C@@H]2[C@H](OCc3ccccc3)OC[C@H](OC(=O)c3ccc([N+](=O)[O-])cc3)[C@H]2O[C@]1(C)OC. The molecule has 0 aliphatic carbocycles. The Hall–Kier alpha value is -2.93. The van der Waals surface area contributed by atoms with Crippen molar-refractivity contribution in [2.75, 3.05) is 20.8 Å². The molecular formula is C25H29NO10. The summed E-state index contributed by atoms with van der Waals surface area (Å²) in [5.74, 6) is -3.36. The van der Waals surface area contributed by atoms with Crippen molar-refractivity contribution in [3.8, 4) is 0 Å². The van der Waals surface area contributed by atoms with E-state index in [1.54, 1.807) is 13.8 Å². The van der Waals surface area contributed by atoms with Crippen LogP contribution in [0.2, 0.25) is 0 Å². The zero-order chi connectivity index (χ0) is 25.9. The third-order valence-corrected chi connectivity index (χ3v) is 6.54. The van der Waals surface area contributed by atoms with E-state index in [4.69, 9.17) is 33.2 Å². The lowest BCUT2D eigenvalue weighted by molar-refractivity contribution is -0.479. The predicted octanol–water partition coefficient (Wildman–Crippen LogP) is 3.20. The fourth-order valence-corrected chi connectivity index (χ4v) is 4.13. The van der Waals surface area contributed by atoms with Crippen LogP contribution in [-0.4, -0.2) is 67.9 Å². The van der Waals surface area contributed by atoms with E-state index in [1.807, 2.05) is 30.3 Å². The molecule has 0 N–H and O–H groups in total. The molecule has 194 valence electrons. The van der Waals surface area contributed by atoms with Crippen molar-refractivity contribution in [1.29, 1.82) is 0 Å². The Kier molecular flexibility index (Phi) is 7.69. The van der Waals surface area contributed by atoms with Gasteiger partial charge in [-0.3, -0.25) is 10.1 Å². The smallest absolute Gasteiger partial charge is 0.338 e. The lowest BCUT2D eigenvalue weighted by Gasteiger charge is -2.55. The third-order valence-electron chi connectivity index (χ3n) is 6.54. The van der Waals surface area contributed by atoms with Gasteiger partial charge in [0.1, 0.15) is 12.2 Å². The molecule has 2 heterocycles. The number of carbonyl (C=O) groups is 1. The number of carbonyl (C=O) groups excluding carboxylic acids is 1. The highest BCUT2D eigenvalue weighted by Crippen LogP contribution is 2.43. The summed E-state index contributed by atoms with van der Waals surface area (Å²) in [6, 6.07) is 14.7. The van der Waals surface area contributed by atoms with Crippen LogP contribution in [-0.2, 0) is 39.8 Å². The number of non-ortho nitro benzene ring substituents is 1. The van der Waals surface area contributed by atoms with Crippen LogP contribution in [0.25, 0.3) is 0 Å². The second-order valence-corrected chi connectivity index (χ2v) is 8.71. The van der Waals surface area contributed by atoms with Gasteiger partial charge in [-0.15, -0.1) is 0 Å². The molecule has 0 saturated carbocycles. The first-order chi connectivity index (χ1) is 17.2. The Morgan fingerprint density at radius 3 is 2.19 bits per heavy atom. The molecule has 11 heteroatoms. The summed E-state index contributed by atoms with van der Waals surface area (Å²) in [5.41, 5.74) is 0.953. The van der Waals surface area contributed by atoms with Crippen molar-refractivity contribution < 1.29 is 42.9 Å². The first-order valence-corrected chi connectivity index (χ1v) is 11.4. The van der Waals surface area contributed by atoms with Crippen LogP contribution in [0.3, 0.4) is 0 Å². The summed E-state index contributed by atoms with van der Waals surface area (Å²) >= 11 is 0. The molecule has 6 atom stereocenters. The number of nitrogens with zero attached hydrogens (tertiary/aromatic N) is 1. The number of esters is 1. The standard InChI is InChI=1S/C25H29NO10/c1-24(30-3)25(2,31-4)36-21-20(35-24)19(15-33-23(21)32-14-16-8-6-5-7-9-16)34-22(27)17-10-12-18(13-11-17)26(28)29/h5-13,19-21,23H,14-15H2,1-4H3/t19-,20+,21-,23+,24-,25-/m0/s1. The summed E-state index contributed by atoms with van der Waals surface area (Å²) in [4.78, 5) is 23.2. The lowest BCUT2D eigenvalue weighted by Crippen LogP contribution is -2.71. The molecule has 0 unspecified atom stereocenters. The highest BCUT2D eigenvalue weighted by atomic mass is 16.8. The highest BCUT2D eigenvalue weighted by Gasteiger charge is 2.62. The average molecular weight is 504 g/mol. The van der Waals surface area contributed by atoms with Gasteiger partial charge in [-0.25, -0.2) is 4.79 Å². The second kappa shape index (κ2) is 10.6. The van der Waals surface area contributed by atoms with Gasteiger partial charge in [-0.1, -0.05) is 30.3 Å². The molecule has 0 bridgehead atoms. The topological polar surface area (TPSA) is 125 Å². The summed E-state index contributed by atoms with van der Waals surface area (Å²) < 4.78 is 41.5. The Labute approximate surface area is 208 Å². The van der Waals surface area contributed by atoms with Crippen molar-refractivity contribution in [1.82, 2.24) is 0 Å². The highest BCUT2D eigenvalue weighted by molar-refractivity contribution is 5.89. The number of nitro benzene ring substituents is 1. The Morgan fingerprint density at radius 1 is 1.00 bits per heavy atom. The maximum atomic E-state index is 12.8. The van der Waals surface area contributed by atoms with E-state index in [-0.39, 0.29) is 24.5 Å². The lowest BCUT2D eigenvalue weighted by atomic mass is 9.98. The summed E-state index contributed by atoms with van der Waals surface area (Å²) in [5, 5.41) is 10.9. The fraction of sp³-hybridized carbons (Fsp3) is 0.480. The number of nitro groups is 1. The van der Waals surface area contributed by atoms with Gasteiger partial charge < -0.3 is 33.2 Å². The molecule has 2 aliphatic heterocycles. The van der Waals surface area contributed by atoms with Crippen molar-refractivity contribution in [2.24, 2.45) is 0 Å². The summed E-state index contributed by atoms with van der Waals surface area (Å²) in [6.45, 7) is 3.56. The van der Waals surface area contributed by atoms with Crippen LogP contribution in [0.5, 0.6) is 0 Å². The fourth-order valence-electron chi connectivity index (χ4n) is 4.13. The van der Waals surface area contributed by atoms with Crippen LogP contribution in [0.4, 0.5) is 5.69 Å². The predicted molar refractivity (Wildman–Crippen MR) is 124 cm³/mol. The van der Waals surface area contributed by atoms with Crippen LogP contribution in [0.1, 0.15) is 29.8 Å². The molecule has 2 aromatic carbocycles. The molecule has 4 rings (SSSR count). The number of methoxy groups -OCH3 is 2. The van der Waals surface area contributed by atoms with E-state index in [1.165, 1.54) is 38.5 Å². The molecule has 11 nitrogen and oxygen atoms in total. The molecular weight excluding hydrogens is 474 g/mol. The largest absolute Gasteiger partial charge is 0.453 e. The molecule has 0 aromatic heterocycles. The van der Waals surface area contributed by atoms with Gasteiger partial charge in [0.2, 0.25) is 11.6 Å². The molecule has 2 fully saturated rings. The van der Waals surface area contributed by atoms with Gasteiger partial charge in [-0.05, 0) is 31.5 Å². The molecule has 2 saturated heterocycles. The van der Waals surface area contributed by atoms with E-state index < -0.39 is 47.1 Å². The van der Waals surface area contributed by atoms with Crippen LogP contribution < -0.4 is 0 Å². The van der Waals surface area contributed by atoms with Crippen molar-refractivity contribution >= 4 is 11.7 Å². The maximum Gasteiger partial charge on any atom is 0.338 e. The molecule has 2 aliphatic rings. The van der Waals surface area contributed by atoms with Gasteiger partial charge in [0.25, 0.3) is 5.69 Å². The minimum atomic E-state index is -1.34. The summed E-state index contributed by atoms with van der Waals surface area (Å²) in [6.07, 6.45) is -3.38. The summed E-state index contributed by atoms with van der Waals surface area (Å²) in [7, 11) is 2.93. The van der Waals surface area contributed by atoms with E-state index in [2.05, 4.69) is 0 Å². The number of fused-ring (bicyclic) bond motifs is 1. The number of hydrogen-bond donors (Lipinski definition) is 0. The third kappa shape index (κ3) is 5.12. The molecule has 0 amide bonds. The minimum Gasteiger partial charge on any atom is -0.453 e. The molecule has 0 spiro atoms. The van der Waals surface area contributed by atoms with Crippen LogP contribution in [0, 0.1) is 10.1 Å². The van der Waals surface area contributed by atoms with Gasteiger partial charge in [-0.2, -0.15) is 0 Å². The van der Waals surface area contributed by atoms with Gasteiger partial charge in [0.05, 0.1) is 23.7 Å². The number of benzene rings is 2. The van der Waals surface area contributed by atoms with Gasteiger partial charge in [0.15, 0.2) is 12.4 Å². The van der Waals surface area contributed by atoms with E-state index >= 15 is 0 Å². The molecule has 36 heavy (non-hydrogen) atoms. The monoisotopic (exact) mass is 503 g/mol. The number of ether oxygens (including phenoxy) is 7. The Balaban J connectivity index is 1.55. The maximum absolute atomic E-state index is 12.8. The van der Waals surface area contributed by atoms with Gasteiger partial charge >= 0.3 is 5.97 Å². The molecule has 2 aromatic rings. The zero-order valence-electron chi connectivity index (χ0n) is 20.4. The van der Waals surface area contributed by atoms with Gasteiger partial charge in [0, 0.05) is 26.4 Å². The normalized spacial score (nSPS) is 31.9. The van der Waals surface area contributed by atoms with Crippen LogP contribution >= 0.6 is 0 Å². The van der Waals surface area contributed by atoms with Crippen molar-refractivity contribution in [3.63, 3.8) is 0 Å². The quantitative estimate of drug-likeness (QED) is 0.301. The second-order valence-electron chi connectivity index (χ2n) is 8.71. The number of hydrogen-bond acceptors (Lipinski definition) is 10. The van der Waals surface area contributed by atoms with Crippen LogP contribution in [0.15, 0.2) is 54.6 Å². The van der Waals surface area contributed by atoms with E-state index in [9.17, 15) is 14.9 Å². The van der Waals surface area contributed by atoms with Crippen molar-refractivity contribution in [3.05, 3.63) is 75.8 Å². The first-order valence-electron chi connectivity index (χ1n) is 11.4. The van der Waals surface area contributed by atoms with E-state index in [0.29, 0.717) is 0 Å². The Bertz CT molecular complexity index is 1060. The zero-order valence-corrected chi connectivity index (χ0v) is 20.4. The van der Waals surface area contributed by atoms with Crippen molar-refractivity contribution in [2.45, 2.75) is 56.6 Å². The minimum absolute atomic E-state index is 0.0355. The number of rotatable bonds is 8.